The first-order valence-electron chi connectivity index (χ1n) is 6.49. The zero-order valence-corrected chi connectivity index (χ0v) is 10.5. The number of amides is 1. The quantitative estimate of drug-likeness (QED) is 0.876. The van der Waals surface area contributed by atoms with Crippen LogP contribution in [0.15, 0.2) is 42.5 Å². The second kappa shape index (κ2) is 4.45. The number of carbonyl (C=O) groups excluding carboxylic acids is 1. The predicted molar refractivity (Wildman–Crippen MR) is 73.1 cm³/mol. The zero-order chi connectivity index (χ0) is 12.5. The second-order valence-electron chi connectivity index (χ2n) is 5.22. The lowest BCUT2D eigenvalue weighted by molar-refractivity contribution is -0.122. The van der Waals surface area contributed by atoms with Gasteiger partial charge in [-0.25, -0.2) is 0 Å². The van der Waals surface area contributed by atoms with Crippen molar-refractivity contribution in [1.82, 2.24) is 5.32 Å². The van der Waals surface area contributed by atoms with E-state index in [2.05, 4.69) is 42.6 Å². The van der Waals surface area contributed by atoms with Crippen molar-refractivity contribution in [3.05, 3.63) is 48.0 Å². The average molecular weight is 239 g/mol. The normalized spacial score (nSPS) is 21.8. The van der Waals surface area contributed by atoms with Gasteiger partial charge in [0.2, 0.25) is 5.91 Å². The third kappa shape index (κ3) is 2.23. The van der Waals surface area contributed by atoms with E-state index in [1.54, 1.807) is 0 Å². The van der Waals surface area contributed by atoms with Crippen LogP contribution in [-0.4, -0.2) is 5.91 Å². The molecule has 2 atom stereocenters. The van der Waals surface area contributed by atoms with Crippen molar-refractivity contribution < 1.29 is 4.79 Å². The summed E-state index contributed by atoms with van der Waals surface area (Å²) >= 11 is 0. The maximum Gasteiger partial charge on any atom is 0.223 e. The van der Waals surface area contributed by atoms with Crippen molar-refractivity contribution in [3.63, 3.8) is 0 Å². The highest BCUT2D eigenvalue weighted by Gasteiger charge is 2.38. The Morgan fingerprint density at radius 3 is 2.67 bits per heavy atom. The molecule has 2 unspecified atom stereocenters. The molecule has 92 valence electrons. The van der Waals surface area contributed by atoms with E-state index in [0.29, 0.717) is 12.5 Å². The summed E-state index contributed by atoms with van der Waals surface area (Å²) in [4.78, 5) is 11.7. The molecule has 0 heterocycles. The van der Waals surface area contributed by atoms with Crippen LogP contribution in [-0.2, 0) is 11.3 Å². The van der Waals surface area contributed by atoms with E-state index in [1.807, 2.05) is 12.1 Å². The Kier molecular flexibility index (Phi) is 2.78. The van der Waals surface area contributed by atoms with Crippen molar-refractivity contribution in [2.24, 2.45) is 11.8 Å². The molecule has 1 aliphatic carbocycles. The Balaban J connectivity index is 1.69. The molecule has 1 N–H and O–H groups in total. The summed E-state index contributed by atoms with van der Waals surface area (Å²) in [6.45, 7) is 2.76. The fourth-order valence-electron chi connectivity index (χ4n) is 2.36. The van der Waals surface area contributed by atoms with Crippen LogP contribution in [0.25, 0.3) is 10.8 Å². The Hall–Kier alpha value is -1.83. The van der Waals surface area contributed by atoms with Gasteiger partial charge in [0.25, 0.3) is 0 Å². The number of rotatable bonds is 3. The lowest BCUT2D eigenvalue weighted by atomic mass is 10.1. The van der Waals surface area contributed by atoms with E-state index in [4.69, 9.17) is 0 Å². The van der Waals surface area contributed by atoms with Gasteiger partial charge in [-0.05, 0) is 34.7 Å². The highest BCUT2D eigenvalue weighted by molar-refractivity contribution is 5.84. The fourth-order valence-corrected chi connectivity index (χ4v) is 2.36. The molecule has 2 aromatic carbocycles. The molecule has 1 fully saturated rings. The number of fused-ring (bicyclic) bond motifs is 1. The van der Waals surface area contributed by atoms with Gasteiger partial charge >= 0.3 is 0 Å². The number of hydrogen-bond donors (Lipinski definition) is 1. The molecule has 2 heteroatoms. The van der Waals surface area contributed by atoms with Crippen LogP contribution in [0.4, 0.5) is 0 Å². The summed E-state index contributed by atoms with van der Waals surface area (Å²) in [6, 6.07) is 14.6. The van der Waals surface area contributed by atoms with Gasteiger partial charge in [-0.3, -0.25) is 4.79 Å². The first-order valence-corrected chi connectivity index (χ1v) is 6.49. The lowest BCUT2D eigenvalue weighted by Gasteiger charge is -2.06. The van der Waals surface area contributed by atoms with Gasteiger partial charge < -0.3 is 5.32 Å². The van der Waals surface area contributed by atoms with Crippen LogP contribution in [0.1, 0.15) is 18.9 Å². The molecule has 0 aromatic heterocycles. The lowest BCUT2D eigenvalue weighted by Crippen LogP contribution is -2.24. The monoisotopic (exact) mass is 239 g/mol. The van der Waals surface area contributed by atoms with E-state index < -0.39 is 0 Å². The largest absolute Gasteiger partial charge is 0.352 e. The van der Waals surface area contributed by atoms with Crippen LogP contribution in [0.2, 0.25) is 0 Å². The molecule has 2 aromatic rings. The molecule has 0 spiro atoms. The predicted octanol–water partition coefficient (Wildman–Crippen LogP) is 3.11. The van der Waals surface area contributed by atoms with E-state index in [1.165, 1.54) is 10.8 Å². The molecule has 0 aliphatic heterocycles. The maximum atomic E-state index is 11.7. The molecule has 1 saturated carbocycles. The molecule has 18 heavy (non-hydrogen) atoms. The van der Waals surface area contributed by atoms with E-state index in [-0.39, 0.29) is 11.8 Å². The summed E-state index contributed by atoms with van der Waals surface area (Å²) in [7, 11) is 0. The molecule has 0 bridgehead atoms. The summed E-state index contributed by atoms with van der Waals surface area (Å²) in [5, 5.41) is 5.48. The standard InChI is InChI=1S/C16H17NO/c1-11-8-15(11)16(18)17-10-12-6-7-13-4-2-3-5-14(13)9-12/h2-7,9,11,15H,8,10H2,1H3,(H,17,18). The summed E-state index contributed by atoms with van der Waals surface area (Å²) in [5.74, 6) is 1.03. The zero-order valence-electron chi connectivity index (χ0n) is 10.5. The smallest absolute Gasteiger partial charge is 0.223 e. The fraction of sp³-hybridized carbons (Fsp3) is 0.312. The summed E-state index contributed by atoms with van der Waals surface area (Å²) in [5.41, 5.74) is 1.16. The minimum Gasteiger partial charge on any atom is -0.352 e. The van der Waals surface area contributed by atoms with Gasteiger partial charge in [-0.2, -0.15) is 0 Å². The SMILES string of the molecule is CC1CC1C(=O)NCc1ccc2ccccc2c1. The van der Waals surface area contributed by atoms with Gasteiger partial charge in [0.1, 0.15) is 0 Å². The molecule has 0 radical (unpaired) electrons. The first kappa shape index (κ1) is 11.3. The minimum absolute atomic E-state index is 0.204. The van der Waals surface area contributed by atoms with Gasteiger partial charge in [0.15, 0.2) is 0 Å². The van der Waals surface area contributed by atoms with E-state index >= 15 is 0 Å². The van der Waals surface area contributed by atoms with Gasteiger partial charge in [0, 0.05) is 12.5 Å². The van der Waals surface area contributed by atoms with Gasteiger partial charge in [-0.15, -0.1) is 0 Å². The number of hydrogen-bond acceptors (Lipinski definition) is 1. The van der Waals surface area contributed by atoms with Crippen LogP contribution in [0, 0.1) is 11.8 Å². The Labute approximate surface area is 107 Å². The number of benzene rings is 2. The average Bonchev–Trinajstić information content (AvgIpc) is 3.13. The van der Waals surface area contributed by atoms with E-state index in [9.17, 15) is 4.79 Å². The molecule has 1 aliphatic rings. The van der Waals surface area contributed by atoms with E-state index in [0.717, 1.165) is 12.0 Å². The van der Waals surface area contributed by atoms with Crippen LogP contribution in [0.3, 0.4) is 0 Å². The molecule has 2 nitrogen and oxygen atoms in total. The topological polar surface area (TPSA) is 29.1 Å². The summed E-state index contributed by atoms with van der Waals surface area (Å²) < 4.78 is 0. The Morgan fingerprint density at radius 2 is 1.94 bits per heavy atom. The Morgan fingerprint density at radius 1 is 1.22 bits per heavy atom. The third-order valence-electron chi connectivity index (χ3n) is 3.73. The van der Waals surface area contributed by atoms with Gasteiger partial charge in [0.05, 0.1) is 0 Å². The van der Waals surface area contributed by atoms with Crippen molar-refractivity contribution in [2.45, 2.75) is 19.9 Å². The number of nitrogens with one attached hydrogen (secondary N) is 1. The van der Waals surface area contributed by atoms with Crippen molar-refractivity contribution >= 4 is 16.7 Å². The molecule has 3 rings (SSSR count). The van der Waals surface area contributed by atoms with Crippen molar-refractivity contribution in [2.75, 3.05) is 0 Å². The highest BCUT2D eigenvalue weighted by atomic mass is 16.2. The van der Waals surface area contributed by atoms with Crippen LogP contribution >= 0.6 is 0 Å². The minimum atomic E-state index is 0.204. The Bertz CT molecular complexity index is 590. The molecule has 1 amide bonds. The first-order chi connectivity index (χ1) is 8.74. The molecular weight excluding hydrogens is 222 g/mol. The van der Waals surface area contributed by atoms with Crippen LogP contribution in [0.5, 0.6) is 0 Å². The second-order valence-corrected chi connectivity index (χ2v) is 5.22. The number of carbonyl (C=O) groups is 1. The summed E-state index contributed by atoms with van der Waals surface area (Å²) in [6.07, 6.45) is 1.05. The van der Waals surface area contributed by atoms with Gasteiger partial charge in [-0.1, -0.05) is 43.3 Å². The third-order valence-corrected chi connectivity index (χ3v) is 3.73. The molecular formula is C16H17NO. The van der Waals surface area contributed by atoms with Crippen molar-refractivity contribution in [1.29, 1.82) is 0 Å². The highest BCUT2D eigenvalue weighted by Crippen LogP contribution is 2.37. The maximum absolute atomic E-state index is 11.7. The van der Waals surface area contributed by atoms with Crippen LogP contribution < -0.4 is 5.32 Å². The molecule has 0 saturated heterocycles. The van der Waals surface area contributed by atoms with Crippen molar-refractivity contribution in [3.8, 4) is 0 Å².